The Labute approximate surface area is 124 Å². The van der Waals surface area contributed by atoms with E-state index in [2.05, 4.69) is 45.0 Å². The molecule has 0 unspecified atom stereocenters. The van der Waals surface area contributed by atoms with Crippen LogP contribution in [0.4, 0.5) is 0 Å². The van der Waals surface area contributed by atoms with Gasteiger partial charge in [-0.3, -0.25) is 0 Å². The first-order valence-corrected chi connectivity index (χ1v) is 8.29. The van der Waals surface area contributed by atoms with Gasteiger partial charge in [-0.25, -0.2) is 0 Å². The van der Waals surface area contributed by atoms with E-state index >= 15 is 0 Å². The molecule has 2 radical (unpaired) electrons. The number of phenols is 1. The summed E-state index contributed by atoms with van der Waals surface area (Å²) < 4.78 is 0. The lowest BCUT2D eigenvalue weighted by molar-refractivity contribution is 0.470. The molecule has 0 aliphatic rings. The maximum Gasteiger partial charge on any atom is 0.118 e. The summed E-state index contributed by atoms with van der Waals surface area (Å²) in [5.74, 6) is 0.406. The standard InChI is InChI=1S/C18H22OSi/c1-12-6-5-7-18(15(12)4)20-9-8-16-10-14(3)17(19)11-13(16)2/h5-7,10-11,19H,8-9H2,1-4H3. The molecule has 2 rings (SSSR count). The number of rotatable bonds is 4. The largest absolute Gasteiger partial charge is 0.508 e. The van der Waals surface area contributed by atoms with E-state index in [0.29, 0.717) is 5.75 Å². The van der Waals surface area contributed by atoms with Crippen LogP contribution in [-0.2, 0) is 6.42 Å². The Kier molecular flexibility index (Phi) is 4.66. The Bertz CT molecular complexity index is 617. The van der Waals surface area contributed by atoms with Crippen molar-refractivity contribution >= 4 is 14.7 Å². The van der Waals surface area contributed by atoms with Gasteiger partial charge in [-0.15, -0.1) is 0 Å². The highest BCUT2D eigenvalue weighted by Crippen LogP contribution is 2.22. The molecule has 104 valence electrons. The average molecular weight is 282 g/mol. The molecule has 0 heterocycles. The Balaban J connectivity index is 2.03. The monoisotopic (exact) mass is 282 g/mol. The van der Waals surface area contributed by atoms with Crippen LogP contribution in [0.2, 0.25) is 6.04 Å². The molecule has 1 N–H and O–H groups in total. The lowest BCUT2D eigenvalue weighted by atomic mass is 10.0. The Morgan fingerprint density at radius 1 is 0.950 bits per heavy atom. The topological polar surface area (TPSA) is 20.2 Å². The van der Waals surface area contributed by atoms with Crippen LogP contribution >= 0.6 is 0 Å². The summed E-state index contributed by atoms with van der Waals surface area (Å²) in [7, 11) is 0.853. The third-order valence-electron chi connectivity index (χ3n) is 3.97. The van der Waals surface area contributed by atoms with Crippen LogP contribution in [0.5, 0.6) is 5.75 Å². The van der Waals surface area contributed by atoms with E-state index in [9.17, 15) is 5.11 Å². The maximum absolute atomic E-state index is 9.70. The predicted molar refractivity (Wildman–Crippen MR) is 87.4 cm³/mol. The smallest absolute Gasteiger partial charge is 0.118 e. The van der Waals surface area contributed by atoms with Gasteiger partial charge in [0.15, 0.2) is 0 Å². The van der Waals surface area contributed by atoms with E-state index < -0.39 is 0 Å². The number of aromatic hydroxyl groups is 1. The fourth-order valence-electron chi connectivity index (χ4n) is 2.40. The summed E-state index contributed by atoms with van der Waals surface area (Å²) in [6.07, 6.45) is 1.08. The van der Waals surface area contributed by atoms with Crippen molar-refractivity contribution in [3.8, 4) is 5.75 Å². The second-order valence-electron chi connectivity index (χ2n) is 5.49. The predicted octanol–water partition coefficient (Wildman–Crippen LogP) is 3.62. The molecule has 0 aromatic heterocycles. The molecule has 0 aliphatic heterocycles. The number of phenolic OH excluding ortho intramolecular Hbond substituents is 1. The zero-order valence-electron chi connectivity index (χ0n) is 12.7. The van der Waals surface area contributed by atoms with E-state index in [-0.39, 0.29) is 0 Å². The first-order chi connectivity index (χ1) is 9.49. The van der Waals surface area contributed by atoms with E-state index in [1.54, 1.807) is 0 Å². The first-order valence-electron chi connectivity index (χ1n) is 7.08. The highest BCUT2D eigenvalue weighted by atomic mass is 28.2. The van der Waals surface area contributed by atoms with Crippen LogP contribution in [0.3, 0.4) is 0 Å². The van der Waals surface area contributed by atoms with E-state index in [4.69, 9.17) is 0 Å². The minimum atomic E-state index is 0.406. The summed E-state index contributed by atoms with van der Waals surface area (Å²) in [4.78, 5) is 0. The van der Waals surface area contributed by atoms with Crippen LogP contribution in [0, 0.1) is 27.7 Å². The number of aryl methyl sites for hydroxylation is 4. The number of benzene rings is 2. The van der Waals surface area contributed by atoms with Gasteiger partial charge in [0, 0.05) is 0 Å². The Hall–Kier alpha value is -1.54. The molecule has 0 saturated heterocycles. The molecular formula is C18H22OSi. The lowest BCUT2D eigenvalue weighted by Gasteiger charge is -2.10. The molecule has 2 heteroatoms. The molecule has 1 nitrogen and oxygen atoms in total. The summed E-state index contributed by atoms with van der Waals surface area (Å²) in [5.41, 5.74) is 6.34. The Morgan fingerprint density at radius 2 is 1.70 bits per heavy atom. The second-order valence-corrected chi connectivity index (χ2v) is 6.88. The molecule has 20 heavy (non-hydrogen) atoms. The molecule has 0 fully saturated rings. The minimum Gasteiger partial charge on any atom is -0.508 e. The first kappa shape index (κ1) is 14.9. The van der Waals surface area contributed by atoms with E-state index in [1.165, 1.54) is 33.5 Å². The van der Waals surface area contributed by atoms with Crippen LogP contribution in [0.1, 0.15) is 27.8 Å². The van der Waals surface area contributed by atoms with Gasteiger partial charge in [-0.1, -0.05) is 35.5 Å². The summed E-state index contributed by atoms with van der Waals surface area (Å²) >= 11 is 0. The van der Waals surface area contributed by atoms with Gasteiger partial charge in [0.2, 0.25) is 0 Å². The quantitative estimate of drug-likeness (QED) is 0.849. The normalized spacial score (nSPS) is 10.8. The fraction of sp³-hybridized carbons (Fsp3) is 0.333. The van der Waals surface area contributed by atoms with Crippen molar-refractivity contribution in [3.05, 3.63) is 58.1 Å². The van der Waals surface area contributed by atoms with Crippen LogP contribution in [0.25, 0.3) is 0 Å². The molecular weight excluding hydrogens is 260 g/mol. The Morgan fingerprint density at radius 3 is 2.45 bits per heavy atom. The van der Waals surface area contributed by atoms with Crippen molar-refractivity contribution in [2.24, 2.45) is 0 Å². The third-order valence-corrected chi connectivity index (χ3v) is 5.39. The SMILES string of the molecule is Cc1cc(CC[Si]c2cccc(C)c2C)c(C)cc1O. The van der Waals surface area contributed by atoms with Gasteiger partial charge in [-0.05, 0) is 68.0 Å². The van der Waals surface area contributed by atoms with Crippen LogP contribution < -0.4 is 5.19 Å². The number of hydrogen-bond donors (Lipinski definition) is 1. The molecule has 2 aromatic carbocycles. The molecule has 0 aliphatic carbocycles. The molecule has 0 saturated carbocycles. The highest BCUT2D eigenvalue weighted by molar-refractivity contribution is 6.54. The van der Waals surface area contributed by atoms with Crippen LogP contribution in [0.15, 0.2) is 30.3 Å². The van der Waals surface area contributed by atoms with Crippen molar-refractivity contribution in [1.82, 2.24) is 0 Å². The highest BCUT2D eigenvalue weighted by Gasteiger charge is 2.06. The minimum absolute atomic E-state index is 0.406. The molecule has 0 spiro atoms. The third kappa shape index (κ3) is 3.31. The zero-order chi connectivity index (χ0) is 14.7. The summed E-state index contributed by atoms with van der Waals surface area (Å²) in [6.45, 7) is 8.44. The van der Waals surface area contributed by atoms with Crippen molar-refractivity contribution in [3.63, 3.8) is 0 Å². The summed E-state index contributed by atoms with van der Waals surface area (Å²) in [6, 6.07) is 11.8. The molecule has 0 atom stereocenters. The fourth-order valence-corrected chi connectivity index (χ4v) is 3.74. The second kappa shape index (κ2) is 6.27. The van der Waals surface area contributed by atoms with Gasteiger partial charge in [0.1, 0.15) is 5.75 Å². The van der Waals surface area contributed by atoms with Gasteiger partial charge >= 0.3 is 0 Å². The van der Waals surface area contributed by atoms with Crippen molar-refractivity contribution < 1.29 is 5.11 Å². The molecule has 2 aromatic rings. The van der Waals surface area contributed by atoms with E-state index in [1.807, 2.05) is 13.0 Å². The lowest BCUT2D eigenvalue weighted by Crippen LogP contribution is -2.18. The zero-order valence-corrected chi connectivity index (χ0v) is 13.7. The molecule has 0 amide bonds. The molecule has 0 bridgehead atoms. The van der Waals surface area contributed by atoms with E-state index in [0.717, 1.165) is 21.5 Å². The average Bonchev–Trinajstić information content (AvgIpc) is 2.40. The van der Waals surface area contributed by atoms with Crippen molar-refractivity contribution in [2.45, 2.75) is 40.2 Å². The van der Waals surface area contributed by atoms with Crippen molar-refractivity contribution in [1.29, 1.82) is 0 Å². The van der Waals surface area contributed by atoms with Gasteiger partial charge < -0.3 is 5.11 Å². The van der Waals surface area contributed by atoms with Gasteiger partial charge in [0.05, 0.1) is 9.52 Å². The van der Waals surface area contributed by atoms with Crippen LogP contribution in [-0.4, -0.2) is 14.6 Å². The van der Waals surface area contributed by atoms with Crippen molar-refractivity contribution in [2.75, 3.05) is 0 Å². The van der Waals surface area contributed by atoms with Gasteiger partial charge in [0.25, 0.3) is 0 Å². The number of hydrogen-bond acceptors (Lipinski definition) is 1. The summed E-state index contributed by atoms with van der Waals surface area (Å²) in [5, 5.41) is 11.2. The van der Waals surface area contributed by atoms with Gasteiger partial charge in [-0.2, -0.15) is 0 Å². The maximum atomic E-state index is 9.70.